The highest BCUT2D eigenvalue weighted by atomic mass is 32.2. The predicted octanol–water partition coefficient (Wildman–Crippen LogP) is 2.32. The summed E-state index contributed by atoms with van der Waals surface area (Å²) in [5, 5.41) is 3.22. The molecule has 0 aromatic carbocycles. The Morgan fingerprint density at radius 2 is 1.80 bits per heavy atom. The van der Waals surface area contributed by atoms with E-state index in [0.29, 0.717) is 5.92 Å². The van der Waals surface area contributed by atoms with Gasteiger partial charge in [0.15, 0.2) is 0 Å². The van der Waals surface area contributed by atoms with E-state index in [0.717, 1.165) is 31.0 Å². The zero-order valence-electron chi connectivity index (χ0n) is 9.96. The average molecular weight is 231 g/mol. The fourth-order valence-corrected chi connectivity index (χ4v) is 3.31. The lowest BCUT2D eigenvalue weighted by molar-refractivity contribution is 0.382. The van der Waals surface area contributed by atoms with Gasteiger partial charge < -0.3 is 5.32 Å². The molecule has 0 aromatic heterocycles. The summed E-state index contributed by atoms with van der Waals surface area (Å²) in [4.78, 5) is 0. The molecule has 1 aliphatic heterocycles. The SMILES string of the molecule is CCCCCCCCS(=O)CC1CNC1. The molecule has 0 aliphatic carbocycles. The van der Waals surface area contributed by atoms with Crippen LogP contribution in [0.3, 0.4) is 0 Å². The third-order valence-corrected chi connectivity index (χ3v) is 4.60. The summed E-state index contributed by atoms with van der Waals surface area (Å²) in [7, 11) is -0.546. The Morgan fingerprint density at radius 1 is 1.13 bits per heavy atom. The van der Waals surface area contributed by atoms with Gasteiger partial charge >= 0.3 is 0 Å². The fraction of sp³-hybridized carbons (Fsp3) is 1.00. The number of nitrogens with one attached hydrogen (secondary N) is 1. The second-order valence-electron chi connectivity index (χ2n) is 4.60. The lowest BCUT2D eigenvalue weighted by Crippen LogP contribution is -2.44. The minimum absolute atomic E-state index is 0.546. The summed E-state index contributed by atoms with van der Waals surface area (Å²) in [6.45, 7) is 4.41. The molecule has 0 spiro atoms. The van der Waals surface area contributed by atoms with Gasteiger partial charge in [-0.25, -0.2) is 0 Å². The van der Waals surface area contributed by atoms with Crippen molar-refractivity contribution in [3.05, 3.63) is 0 Å². The molecule has 1 unspecified atom stereocenters. The van der Waals surface area contributed by atoms with Crippen LogP contribution in [-0.4, -0.2) is 28.8 Å². The molecule has 0 bridgehead atoms. The van der Waals surface area contributed by atoms with Crippen LogP contribution < -0.4 is 5.32 Å². The number of hydrogen-bond donors (Lipinski definition) is 1. The van der Waals surface area contributed by atoms with E-state index < -0.39 is 10.8 Å². The van der Waals surface area contributed by atoms with Gasteiger partial charge in [0.25, 0.3) is 0 Å². The third-order valence-electron chi connectivity index (χ3n) is 3.01. The highest BCUT2D eigenvalue weighted by Gasteiger charge is 2.18. The Kier molecular flexibility index (Phi) is 7.28. The Morgan fingerprint density at radius 3 is 2.40 bits per heavy atom. The standard InChI is InChI=1S/C12H25NOS/c1-2-3-4-5-6-7-8-15(14)11-12-9-13-10-12/h12-13H,2-11H2,1H3. The fourth-order valence-electron chi connectivity index (χ4n) is 1.86. The van der Waals surface area contributed by atoms with Crippen molar-refractivity contribution >= 4 is 10.8 Å². The van der Waals surface area contributed by atoms with Crippen molar-refractivity contribution in [3.8, 4) is 0 Å². The Balaban J connectivity index is 1.83. The molecule has 1 fully saturated rings. The topological polar surface area (TPSA) is 29.1 Å². The first-order valence-corrected chi connectivity index (χ1v) is 7.87. The summed E-state index contributed by atoms with van der Waals surface area (Å²) in [5.41, 5.74) is 0. The summed E-state index contributed by atoms with van der Waals surface area (Å²) in [6, 6.07) is 0. The van der Waals surface area contributed by atoms with Crippen LogP contribution in [0.4, 0.5) is 0 Å². The van der Waals surface area contributed by atoms with Crippen LogP contribution in [0, 0.1) is 5.92 Å². The lowest BCUT2D eigenvalue weighted by Gasteiger charge is -2.26. The number of rotatable bonds is 9. The molecule has 1 heterocycles. The zero-order valence-corrected chi connectivity index (χ0v) is 10.8. The van der Waals surface area contributed by atoms with Crippen LogP contribution in [0.1, 0.15) is 45.4 Å². The van der Waals surface area contributed by atoms with Crippen LogP contribution in [0.2, 0.25) is 0 Å². The van der Waals surface area contributed by atoms with Crippen molar-refractivity contribution in [2.24, 2.45) is 5.92 Å². The second kappa shape index (κ2) is 8.28. The summed E-state index contributed by atoms with van der Waals surface area (Å²) < 4.78 is 11.6. The van der Waals surface area contributed by atoms with E-state index in [-0.39, 0.29) is 0 Å². The molecule has 2 nitrogen and oxygen atoms in total. The normalized spacial score (nSPS) is 18.7. The van der Waals surface area contributed by atoms with Gasteiger partial charge in [0, 0.05) is 35.4 Å². The van der Waals surface area contributed by atoms with Gasteiger partial charge in [-0.05, 0) is 12.3 Å². The van der Waals surface area contributed by atoms with Gasteiger partial charge in [-0.2, -0.15) is 0 Å². The van der Waals surface area contributed by atoms with Crippen molar-refractivity contribution in [1.29, 1.82) is 0 Å². The minimum atomic E-state index is -0.546. The maximum atomic E-state index is 11.6. The van der Waals surface area contributed by atoms with Crippen LogP contribution in [0.25, 0.3) is 0 Å². The van der Waals surface area contributed by atoms with E-state index in [1.54, 1.807) is 0 Å². The van der Waals surface area contributed by atoms with Crippen molar-refractivity contribution in [3.63, 3.8) is 0 Å². The van der Waals surface area contributed by atoms with Gasteiger partial charge in [-0.3, -0.25) is 4.21 Å². The monoisotopic (exact) mass is 231 g/mol. The molecule has 3 heteroatoms. The van der Waals surface area contributed by atoms with Gasteiger partial charge in [0.1, 0.15) is 0 Å². The van der Waals surface area contributed by atoms with Gasteiger partial charge in [-0.15, -0.1) is 0 Å². The van der Waals surface area contributed by atoms with E-state index >= 15 is 0 Å². The van der Waals surface area contributed by atoms with E-state index in [2.05, 4.69) is 12.2 Å². The number of unbranched alkanes of at least 4 members (excludes halogenated alkanes) is 5. The molecule has 0 radical (unpaired) electrons. The average Bonchev–Trinajstić information content (AvgIpc) is 2.17. The molecule has 1 saturated heterocycles. The minimum Gasteiger partial charge on any atom is -0.316 e. The predicted molar refractivity (Wildman–Crippen MR) is 67.6 cm³/mol. The quantitative estimate of drug-likeness (QED) is 0.617. The van der Waals surface area contributed by atoms with Crippen molar-refractivity contribution in [1.82, 2.24) is 5.32 Å². The zero-order chi connectivity index (χ0) is 10.9. The molecular weight excluding hydrogens is 206 g/mol. The number of hydrogen-bond acceptors (Lipinski definition) is 2. The molecule has 1 N–H and O–H groups in total. The van der Waals surface area contributed by atoms with Gasteiger partial charge in [0.2, 0.25) is 0 Å². The lowest BCUT2D eigenvalue weighted by atomic mass is 10.1. The molecule has 0 saturated carbocycles. The maximum Gasteiger partial charge on any atom is 0.0287 e. The van der Waals surface area contributed by atoms with Crippen LogP contribution in [-0.2, 0) is 10.8 Å². The van der Waals surface area contributed by atoms with Crippen LogP contribution in [0.5, 0.6) is 0 Å². The first-order valence-electron chi connectivity index (χ1n) is 6.38. The smallest absolute Gasteiger partial charge is 0.0287 e. The molecule has 1 atom stereocenters. The Bertz CT molecular complexity index is 180. The Labute approximate surface area is 96.7 Å². The second-order valence-corrected chi connectivity index (χ2v) is 6.22. The molecule has 90 valence electrons. The molecule has 0 amide bonds. The van der Waals surface area contributed by atoms with Crippen LogP contribution >= 0.6 is 0 Å². The van der Waals surface area contributed by atoms with Crippen molar-refractivity contribution in [2.75, 3.05) is 24.6 Å². The molecule has 0 aromatic rings. The highest BCUT2D eigenvalue weighted by molar-refractivity contribution is 7.84. The summed E-state index contributed by atoms with van der Waals surface area (Å²) in [6.07, 6.45) is 7.79. The van der Waals surface area contributed by atoms with Gasteiger partial charge in [0.05, 0.1) is 0 Å². The van der Waals surface area contributed by atoms with E-state index in [4.69, 9.17) is 0 Å². The molecular formula is C12H25NOS. The highest BCUT2D eigenvalue weighted by Crippen LogP contribution is 2.08. The van der Waals surface area contributed by atoms with Crippen molar-refractivity contribution in [2.45, 2.75) is 45.4 Å². The summed E-state index contributed by atoms with van der Waals surface area (Å²) >= 11 is 0. The van der Waals surface area contributed by atoms with Gasteiger partial charge in [-0.1, -0.05) is 39.0 Å². The van der Waals surface area contributed by atoms with E-state index in [9.17, 15) is 4.21 Å². The first-order chi connectivity index (χ1) is 7.33. The Hall–Kier alpha value is 0.110. The summed E-state index contributed by atoms with van der Waals surface area (Å²) in [5.74, 6) is 2.57. The van der Waals surface area contributed by atoms with Crippen molar-refractivity contribution < 1.29 is 4.21 Å². The molecule has 15 heavy (non-hydrogen) atoms. The largest absolute Gasteiger partial charge is 0.316 e. The first kappa shape index (κ1) is 13.2. The van der Waals surface area contributed by atoms with E-state index in [1.807, 2.05) is 0 Å². The third kappa shape index (κ3) is 6.31. The molecule has 1 aliphatic rings. The molecule has 1 rings (SSSR count). The maximum absolute atomic E-state index is 11.6. The van der Waals surface area contributed by atoms with Crippen LogP contribution in [0.15, 0.2) is 0 Å². The van der Waals surface area contributed by atoms with E-state index in [1.165, 1.54) is 32.1 Å².